The van der Waals surface area contributed by atoms with Crippen LogP contribution in [0.25, 0.3) is 10.9 Å². The smallest absolute Gasteiger partial charge is 0.314 e. The Morgan fingerprint density at radius 1 is 1.03 bits per heavy atom. The van der Waals surface area contributed by atoms with Crippen LogP contribution < -0.4 is 15.1 Å². The summed E-state index contributed by atoms with van der Waals surface area (Å²) in [5, 5.41) is 26.8. The highest BCUT2D eigenvalue weighted by Gasteiger charge is 2.25. The molecule has 174 valence electrons. The number of rotatable bonds is 6. The van der Waals surface area contributed by atoms with Gasteiger partial charge in [-0.3, -0.25) is 15.1 Å². The number of nitro benzene ring substituents is 1. The van der Waals surface area contributed by atoms with Crippen molar-refractivity contribution in [1.82, 2.24) is 15.0 Å². The van der Waals surface area contributed by atoms with Gasteiger partial charge in [0.1, 0.15) is 11.9 Å². The molecular weight excluding hydrogens is 446 g/mol. The molecule has 35 heavy (non-hydrogen) atoms. The quantitative estimate of drug-likeness (QED) is 0.327. The highest BCUT2D eigenvalue weighted by atomic mass is 16.7. The number of anilines is 3. The predicted molar refractivity (Wildman–Crippen MR) is 131 cm³/mol. The topological polar surface area (TPSA) is 120 Å². The van der Waals surface area contributed by atoms with Crippen LogP contribution in [0.4, 0.5) is 22.9 Å². The molecule has 1 aliphatic heterocycles. The largest absolute Gasteiger partial charge is 0.398 e. The van der Waals surface area contributed by atoms with Crippen molar-refractivity contribution in [3.05, 3.63) is 88.7 Å². The van der Waals surface area contributed by atoms with E-state index < -0.39 is 4.92 Å². The Morgan fingerprint density at radius 2 is 1.80 bits per heavy atom. The summed E-state index contributed by atoms with van der Waals surface area (Å²) in [4.78, 5) is 28.3. The first-order valence-corrected chi connectivity index (χ1v) is 11.0. The van der Waals surface area contributed by atoms with Crippen LogP contribution in [-0.2, 0) is 0 Å². The van der Waals surface area contributed by atoms with Gasteiger partial charge in [-0.25, -0.2) is 4.98 Å². The van der Waals surface area contributed by atoms with Crippen molar-refractivity contribution >= 4 is 33.8 Å². The number of fused-ring (bicyclic) bond motifs is 1. The van der Waals surface area contributed by atoms with Gasteiger partial charge in [-0.05, 0) is 24.3 Å². The zero-order valence-electron chi connectivity index (χ0n) is 18.7. The molecule has 2 aromatic carbocycles. The molecule has 3 heterocycles. The molecule has 0 aliphatic carbocycles. The van der Waals surface area contributed by atoms with Crippen LogP contribution in [0.2, 0.25) is 0 Å². The van der Waals surface area contributed by atoms with Gasteiger partial charge in [0.05, 0.1) is 34.8 Å². The second kappa shape index (κ2) is 9.62. The summed E-state index contributed by atoms with van der Waals surface area (Å²) in [6, 6.07) is 20.4. The second-order valence-electron chi connectivity index (χ2n) is 7.94. The van der Waals surface area contributed by atoms with E-state index in [2.05, 4.69) is 38.4 Å². The fourth-order valence-electron chi connectivity index (χ4n) is 4.02. The van der Waals surface area contributed by atoms with Crippen LogP contribution in [0.3, 0.4) is 0 Å². The summed E-state index contributed by atoms with van der Waals surface area (Å²) in [5.74, 6) is 0.618. The van der Waals surface area contributed by atoms with Crippen molar-refractivity contribution < 1.29 is 9.76 Å². The molecule has 4 aromatic rings. The molecule has 10 heteroatoms. The summed E-state index contributed by atoms with van der Waals surface area (Å²) in [7, 11) is 0. The van der Waals surface area contributed by atoms with Crippen molar-refractivity contribution in [2.24, 2.45) is 0 Å². The van der Waals surface area contributed by atoms with Gasteiger partial charge in [0, 0.05) is 48.7 Å². The number of benzene rings is 2. The van der Waals surface area contributed by atoms with E-state index in [0.29, 0.717) is 35.5 Å². The SMILES string of the molecule is N#Cc1cnc2cc(ON3CCN(c4ccccc4)CC3)c([N+](=O)[O-])cc2c1Nc1ccccn1. The third-order valence-electron chi connectivity index (χ3n) is 5.77. The van der Waals surface area contributed by atoms with E-state index in [4.69, 9.17) is 4.84 Å². The van der Waals surface area contributed by atoms with Crippen LogP contribution in [-0.4, -0.2) is 46.1 Å². The molecule has 0 spiro atoms. The third kappa shape index (κ3) is 4.66. The van der Waals surface area contributed by atoms with Crippen LogP contribution >= 0.6 is 0 Å². The summed E-state index contributed by atoms with van der Waals surface area (Å²) < 4.78 is 0. The van der Waals surface area contributed by atoms with Crippen LogP contribution in [0, 0.1) is 21.4 Å². The van der Waals surface area contributed by atoms with Crippen molar-refractivity contribution in [2.75, 3.05) is 36.4 Å². The highest BCUT2D eigenvalue weighted by Crippen LogP contribution is 2.37. The van der Waals surface area contributed by atoms with E-state index in [0.717, 1.165) is 18.8 Å². The molecule has 1 saturated heterocycles. The van der Waals surface area contributed by atoms with E-state index in [9.17, 15) is 15.4 Å². The van der Waals surface area contributed by atoms with Gasteiger partial charge >= 0.3 is 5.69 Å². The number of pyridine rings is 2. The lowest BCUT2D eigenvalue weighted by Gasteiger charge is -2.35. The van der Waals surface area contributed by atoms with Gasteiger partial charge in [0.15, 0.2) is 0 Å². The maximum Gasteiger partial charge on any atom is 0.314 e. The number of piperazine rings is 1. The number of nitriles is 1. The Morgan fingerprint density at radius 3 is 2.49 bits per heavy atom. The minimum absolute atomic E-state index is 0.108. The molecule has 2 aromatic heterocycles. The van der Waals surface area contributed by atoms with Crippen molar-refractivity contribution in [1.29, 1.82) is 5.26 Å². The molecule has 0 saturated carbocycles. The number of nitrogens with zero attached hydrogens (tertiary/aromatic N) is 6. The lowest BCUT2D eigenvalue weighted by molar-refractivity contribution is -0.386. The standard InChI is InChI=1S/C25H21N7O3/c26-16-18-17-28-21-15-23(35-31-12-10-30(11-13-31)19-6-2-1-3-7-19)22(32(33)34)14-20(21)25(18)29-24-8-4-5-9-27-24/h1-9,14-15,17H,10-13H2,(H,27,28,29). The molecule has 0 radical (unpaired) electrons. The Balaban J connectivity index is 1.44. The number of aromatic nitrogens is 2. The molecule has 1 aliphatic rings. The van der Waals surface area contributed by atoms with Crippen molar-refractivity contribution in [3.63, 3.8) is 0 Å². The fourth-order valence-corrected chi connectivity index (χ4v) is 4.02. The van der Waals surface area contributed by atoms with Gasteiger partial charge in [-0.15, -0.1) is 5.06 Å². The predicted octanol–water partition coefficient (Wildman–Crippen LogP) is 4.27. The average molecular weight is 467 g/mol. The van der Waals surface area contributed by atoms with Gasteiger partial charge in [-0.1, -0.05) is 24.3 Å². The lowest BCUT2D eigenvalue weighted by Crippen LogP contribution is -2.47. The molecule has 0 bridgehead atoms. The maximum atomic E-state index is 11.9. The third-order valence-corrected chi connectivity index (χ3v) is 5.77. The minimum Gasteiger partial charge on any atom is -0.398 e. The lowest BCUT2D eigenvalue weighted by atomic mass is 10.1. The first kappa shape index (κ1) is 22.1. The molecule has 1 fully saturated rings. The zero-order valence-corrected chi connectivity index (χ0v) is 18.7. The van der Waals surface area contributed by atoms with E-state index in [1.54, 1.807) is 35.5 Å². The number of nitro groups is 1. The first-order chi connectivity index (χ1) is 17.1. The molecule has 5 rings (SSSR count). The normalized spacial score (nSPS) is 13.9. The van der Waals surface area contributed by atoms with Crippen LogP contribution in [0.1, 0.15) is 5.56 Å². The second-order valence-corrected chi connectivity index (χ2v) is 7.94. The molecule has 0 atom stereocenters. The Hall–Kier alpha value is -4.75. The summed E-state index contributed by atoms with van der Waals surface area (Å²) >= 11 is 0. The number of hydrogen-bond acceptors (Lipinski definition) is 9. The number of para-hydroxylation sites is 1. The fraction of sp³-hybridized carbons (Fsp3) is 0.160. The van der Waals surface area contributed by atoms with Gasteiger partial charge < -0.3 is 15.1 Å². The van der Waals surface area contributed by atoms with Crippen LogP contribution in [0.15, 0.2) is 73.1 Å². The molecule has 0 unspecified atom stereocenters. The minimum atomic E-state index is -0.488. The van der Waals surface area contributed by atoms with Crippen molar-refractivity contribution in [2.45, 2.75) is 0 Å². The van der Waals surface area contributed by atoms with E-state index >= 15 is 0 Å². The molecule has 10 nitrogen and oxygen atoms in total. The molecule has 1 N–H and O–H groups in total. The van der Waals surface area contributed by atoms with Crippen LogP contribution in [0.5, 0.6) is 5.75 Å². The monoisotopic (exact) mass is 467 g/mol. The zero-order chi connectivity index (χ0) is 24.2. The Kier molecular flexibility index (Phi) is 6.07. The van der Waals surface area contributed by atoms with Crippen molar-refractivity contribution in [3.8, 4) is 11.8 Å². The summed E-state index contributed by atoms with van der Waals surface area (Å²) in [6.45, 7) is 2.62. The summed E-state index contributed by atoms with van der Waals surface area (Å²) in [5.41, 5.74) is 2.05. The number of hydrogen-bond donors (Lipinski definition) is 1. The van der Waals surface area contributed by atoms with Gasteiger partial charge in [-0.2, -0.15) is 5.26 Å². The van der Waals surface area contributed by atoms with E-state index in [1.165, 1.54) is 12.3 Å². The maximum absolute atomic E-state index is 11.9. The Labute approximate surface area is 201 Å². The molecular formula is C25H21N7O3. The number of hydroxylamine groups is 2. The highest BCUT2D eigenvalue weighted by molar-refractivity contribution is 5.98. The first-order valence-electron chi connectivity index (χ1n) is 11.0. The number of nitrogens with one attached hydrogen (secondary N) is 1. The van der Waals surface area contributed by atoms with E-state index in [1.807, 2.05) is 18.2 Å². The average Bonchev–Trinajstić information content (AvgIpc) is 2.90. The van der Waals surface area contributed by atoms with Gasteiger partial charge in [0.25, 0.3) is 0 Å². The van der Waals surface area contributed by atoms with Gasteiger partial charge in [0.2, 0.25) is 5.75 Å². The van der Waals surface area contributed by atoms with E-state index in [-0.39, 0.29) is 17.0 Å². The Bertz CT molecular complexity index is 1400. The summed E-state index contributed by atoms with van der Waals surface area (Å²) in [6.07, 6.45) is 3.05. The molecule has 0 amide bonds.